The van der Waals surface area contributed by atoms with Crippen LogP contribution in [0.4, 0.5) is 0 Å². The monoisotopic (exact) mass is 230 g/mol. The molecule has 0 bridgehead atoms. The number of aliphatic hydroxyl groups excluding tert-OH is 1. The summed E-state index contributed by atoms with van der Waals surface area (Å²) in [6, 6.07) is 0. The molecule has 0 unspecified atom stereocenters. The van der Waals surface area contributed by atoms with Crippen molar-refractivity contribution in [3.63, 3.8) is 0 Å². The third-order valence-electron chi connectivity index (χ3n) is 3.17. The van der Waals surface area contributed by atoms with Crippen molar-refractivity contribution < 1.29 is 19.8 Å². The third kappa shape index (κ3) is 2.70. The quantitative estimate of drug-likeness (QED) is 0.487. The summed E-state index contributed by atoms with van der Waals surface area (Å²) in [7, 11) is 0. The van der Waals surface area contributed by atoms with Gasteiger partial charge in [0.25, 0.3) is 0 Å². The first-order valence-corrected chi connectivity index (χ1v) is 5.41. The van der Waals surface area contributed by atoms with Gasteiger partial charge < -0.3 is 21.3 Å². The molecule has 0 heterocycles. The zero-order valence-corrected chi connectivity index (χ0v) is 9.11. The number of aliphatic hydroxyl groups is 1. The average Bonchev–Trinajstić information content (AvgIpc) is 2.74. The van der Waals surface area contributed by atoms with E-state index in [1.807, 2.05) is 0 Å². The maximum Gasteiger partial charge on any atom is 0.334 e. The highest BCUT2D eigenvalue weighted by atomic mass is 16.4. The first kappa shape index (κ1) is 12.9. The van der Waals surface area contributed by atoms with Crippen LogP contribution in [-0.2, 0) is 9.59 Å². The maximum absolute atomic E-state index is 11.8. The Morgan fingerprint density at radius 1 is 1.38 bits per heavy atom. The van der Waals surface area contributed by atoms with E-state index < -0.39 is 17.5 Å². The van der Waals surface area contributed by atoms with Crippen LogP contribution in [0.25, 0.3) is 0 Å². The summed E-state index contributed by atoms with van der Waals surface area (Å²) in [5, 5.41) is 19.9. The molecule has 1 amide bonds. The Morgan fingerprint density at radius 3 is 2.38 bits per heavy atom. The number of hydrogen-bond donors (Lipinski definition) is 4. The minimum Gasteiger partial charge on any atom is -0.479 e. The molecule has 1 rings (SSSR count). The second-order valence-electron chi connectivity index (χ2n) is 4.26. The van der Waals surface area contributed by atoms with Gasteiger partial charge in [-0.3, -0.25) is 4.79 Å². The van der Waals surface area contributed by atoms with Gasteiger partial charge in [-0.05, 0) is 12.8 Å². The molecule has 6 nitrogen and oxygen atoms in total. The molecule has 1 saturated carbocycles. The van der Waals surface area contributed by atoms with Gasteiger partial charge in [0, 0.05) is 6.54 Å². The van der Waals surface area contributed by atoms with E-state index in [1.54, 1.807) is 0 Å². The van der Waals surface area contributed by atoms with Crippen LogP contribution in [0.1, 0.15) is 25.7 Å². The highest BCUT2D eigenvalue weighted by Crippen LogP contribution is 2.37. The molecule has 1 fully saturated rings. The number of hydrogen-bond acceptors (Lipinski definition) is 4. The van der Waals surface area contributed by atoms with Crippen molar-refractivity contribution in [3.8, 4) is 0 Å². The molecule has 0 aromatic heterocycles. The molecule has 6 heteroatoms. The Kier molecular flexibility index (Phi) is 4.26. The Morgan fingerprint density at radius 2 is 1.94 bits per heavy atom. The van der Waals surface area contributed by atoms with Crippen LogP contribution in [-0.4, -0.2) is 41.3 Å². The van der Waals surface area contributed by atoms with Crippen molar-refractivity contribution in [1.29, 1.82) is 0 Å². The summed E-state index contributed by atoms with van der Waals surface area (Å²) in [5.41, 5.74) is 5.04. The van der Waals surface area contributed by atoms with Crippen molar-refractivity contribution in [2.24, 2.45) is 11.1 Å². The number of carboxylic acid groups (broad SMARTS) is 1. The molecule has 16 heavy (non-hydrogen) atoms. The van der Waals surface area contributed by atoms with E-state index >= 15 is 0 Å². The summed E-state index contributed by atoms with van der Waals surface area (Å²) in [5.74, 6) is -1.58. The summed E-state index contributed by atoms with van der Waals surface area (Å²) >= 11 is 0. The molecule has 0 spiro atoms. The van der Waals surface area contributed by atoms with Gasteiger partial charge in [0.05, 0.1) is 12.0 Å². The van der Waals surface area contributed by atoms with Gasteiger partial charge in [0.1, 0.15) is 0 Å². The Balaban J connectivity index is 2.48. The zero-order chi connectivity index (χ0) is 12.2. The van der Waals surface area contributed by atoms with E-state index in [0.717, 1.165) is 25.7 Å². The number of nitrogens with two attached hydrogens (primary N) is 1. The molecule has 92 valence electrons. The fraction of sp³-hybridized carbons (Fsp3) is 0.800. The lowest BCUT2D eigenvalue weighted by Gasteiger charge is -2.25. The smallest absolute Gasteiger partial charge is 0.334 e. The molecular formula is C10H18N2O4. The van der Waals surface area contributed by atoms with E-state index in [0.29, 0.717) is 0 Å². The molecule has 1 aliphatic rings. The Hall–Kier alpha value is -1.14. The fourth-order valence-electron chi connectivity index (χ4n) is 2.04. The predicted molar refractivity (Wildman–Crippen MR) is 56.6 cm³/mol. The molecule has 1 atom stereocenters. The highest BCUT2D eigenvalue weighted by molar-refractivity contribution is 5.84. The summed E-state index contributed by atoms with van der Waals surface area (Å²) in [6.07, 6.45) is 1.84. The van der Waals surface area contributed by atoms with Crippen molar-refractivity contribution in [2.75, 3.05) is 13.1 Å². The lowest BCUT2D eigenvalue weighted by Crippen LogP contribution is -2.47. The molecular weight excluding hydrogens is 212 g/mol. The standard InChI is InChI=1S/C10H18N2O4/c11-6-10(3-1-2-4-10)9(16)12-5-7(13)8(14)15/h7,13H,1-6,11H2,(H,12,16)(H,14,15)/t7-/m0/s1. The average molecular weight is 230 g/mol. The van der Waals surface area contributed by atoms with E-state index in [1.165, 1.54) is 0 Å². The highest BCUT2D eigenvalue weighted by Gasteiger charge is 2.39. The number of carbonyl (C=O) groups excluding carboxylic acids is 1. The molecule has 5 N–H and O–H groups in total. The summed E-state index contributed by atoms with van der Waals surface area (Å²) in [6.45, 7) is -0.00207. The van der Waals surface area contributed by atoms with Crippen LogP contribution in [0, 0.1) is 5.41 Å². The van der Waals surface area contributed by atoms with E-state index in [4.69, 9.17) is 15.9 Å². The third-order valence-corrected chi connectivity index (χ3v) is 3.17. The fourth-order valence-corrected chi connectivity index (χ4v) is 2.04. The van der Waals surface area contributed by atoms with Gasteiger partial charge in [-0.25, -0.2) is 4.79 Å². The number of carbonyl (C=O) groups is 2. The number of aliphatic carboxylic acids is 1. The van der Waals surface area contributed by atoms with Crippen LogP contribution in [0.3, 0.4) is 0 Å². The SMILES string of the molecule is NCC1(C(=O)NC[C@H](O)C(=O)O)CCCC1. The molecule has 1 aliphatic carbocycles. The van der Waals surface area contributed by atoms with Gasteiger partial charge in [-0.2, -0.15) is 0 Å². The van der Waals surface area contributed by atoms with Gasteiger partial charge in [-0.1, -0.05) is 12.8 Å². The molecule has 0 saturated heterocycles. The number of nitrogens with one attached hydrogen (secondary N) is 1. The maximum atomic E-state index is 11.8. The molecule has 0 aromatic rings. The van der Waals surface area contributed by atoms with Crippen LogP contribution in [0.15, 0.2) is 0 Å². The molecule has 0 aliphatic heterocycles. The second kappa shape index (κ2) is 5.27. The molecule has 0 aromatic carbocycles. The summed E-state index contributed by atoms with van der Waals surface area (Å²) in [4.78, 5) is 22.2. The largest absolute Gasteiger partial charge is 0.479 e. The number of rotatable bonds is 5. The minimum atomic E-state index is -1.56. The van der Waals surface area contributed by atoms with Gasteiger partial charge >= 0.3 is 5.97 Å². The van der Waals surface area contributed by atoms with E-state index in [-0.39, 0.29) is 19.0 Å². The lowest BCUT2D eigenvalue weighted by molar-refractivity contribution is -0.146. The first-order chi connectivity index (χ1) is 7.52. The van der Waals surface area contributed by atoms with Crippen molar-refractivity contribution in [1.82, 2.24) is 5.32 Å². The lowest BCUT2D eigenvalue weighted by atomic mass is 9.85. The van der Waals surface area contributed by atoms with Crippen molar-refractivity contribution in [3.05, 3.63) is 0 Å². The van der Waals surface area contributed by atoms with Crippen LogP contribution < -0.4 is 11.1 Å². The van der Waals surface area contributed by atoms with Gasteiger partial charge in [-0.15, -0.1) is 0 Å². The normalized spacial score (nSPS) is 20.4. The van der Waals surface area contributed by atoms with Crippen LogP contribution in [0.5, 0.6) is 0 Å². The number of amides is 1. The Labute approximate surface area is 93.8 Å². The molecule has 0 radical (unpaired) electrons. The van der Waals surface area contributed by atoms with E-state index in [2.05, 4.69) is 5.32 Å². The van der Waals surface area contributed by atoms with Crippen molar-refractivity contribution in [2.45, 2.75) is 31.8 Å². The second-order valence-corrected chi connectivity index (χ2v) is 4.26. The summed E-state index contributed by atoms with van der Waals surface area (Å²) < 4.78 is 0. The first-order valence-electron chi connectivity index (χ1n) is 5.41. The van der Waals surface area contributed by atoms with Crippen LogP contribution >= 0.6 is 0 Å². The zero-order valence-electron chi connectivity index (χ0n) is 9.11. The Bertz CT molecular complexity index is 274. The van der Waals surface area contributed by atoms with Gasteiger partial charge in [0.2, 0.25) is 5.91 Å². The number of carboxylic acids is 1. The van der Waals surface area contributed by atoms with Gasteiger partial charge in [0.15, 0.2) is 6.10 Å². The van der Waals surface area contributed by atoms with Crippen molar-refractivity contribution >= 4 is 11.9 Å². The van der Waals surface area contributed by atoms with E-state index in [9.17, 15) is 9.59 Å². The predicted octanol–water partition coefficient (Wildman–Crippen LogP) is -0.933. The van der Waals surface area contributed by atoms with Crippen LogP contribution in [0.2, 0.25) is 0 Å². The minimum absolute atomic E-state index is 0.243. The topological polar surface area (TPSA) is 113 Å².